The molecule has 0 saturated carbocycles. The first-order valence-corrected chi connectivity index (χ1v) is 11.0. The van der Waals surface area contributed by atoms with Gasteiger partial charge in [0, 0.05) is 29.9 Å². The molecule has 0 aliphatic carbocycles. The molecule has 3 aromatic rings. The molecule has 1 unspecified atom stereocenters. The third-order valence-electron chi connectivity index (χ3n) is 5.14. The van der Waals surface area contributed by atoms with Gasteiger partial charge < -0.3 is 15.5 Å². The molecular formula is C21H20ClN5O3S. The number of likely N-dealkylation sites (N-methyl/N-ethyl adjacent to an activating group) is 1. The highest BCUT2D eigenvalue weighted by molar-refractivity contribution is 7.09. The van der Waals surface area contributed by atoms with Crippen LogP contribution in [0.15, 0.2) is 35.7 Å². The van der Waals surface area contributed by atoms with E-state index in [0.29, 0.717) is 22.3 Å². The van der Waals surface area contributed by atoms with Gasteiger partial charge in [0.2, 0.25) is 5.91 Å². The van der Waals surface area contributed by atoms with Crippen LogP contribution in [0.25, 0.3) is 10.9 Å². The second-order valence-corrected chi connectivity index (χ2v) is 8.40. The number of hydrogen-bond acceptors (Lipinski definition) is 6. The molecule has 2 N–H and O–H groups in total. The number of nitrogens with one attached hydrogen (secondary N) is 2. The summed E-state index contributed by atoms with van der Waals surface area (Å²) in [5, 5.41) is 8.59. The summed E-state index contributed by atoms with van der Waals surface area (Å²) in [5.74, 6) is -0.785. The number of amides is 3. The van der Waals surface area contributed by atoms with Crippen molar-refractivity contribution in [3.05, 3.63) is 57.1 Å². The van der Waals surface area contributed by atoms with Crippen LogP contribution in [-0.2, 0) is 4.79 Å². The summed E-state index contributed by atoms with van der Waals surface area (Å²) in [4.78, 5) is 47.3. The number of halogens is 1. The zero-order chi connectivity index (χ0) is 22.0. The number of rotatable bonds is 5. The molecule has 3 amide bonds. The average molecular weight is 458 g/mol. The van der Waals surface area contributed by atoms with Gasteiger partial charge in [0.25, 0.3) is 11.8 Å². The lowest BCUT2D eigenvalue weighted by atomic mass is 10.1. The number of carbonyl (C=O) groups excluding carboxylic acids is 3. The van der Waals surface area contributed by atoms with Crippen LogP contribution in [-0.4, -0.2) is 52.7 Å². The number of hydrogen-bond donors (Lipinski definition) is 2. The molecule has 1 saturated heterocycles. The normalized spacial score (nSPS) is 15.8. The summed E-state index contributed by atoms with van der Waals surface area (Å²) in [6.07, 6.45) is 1.64. The molecule has 1 aromatic carbocycles. The first kappa shape index (κ1) is 21.2. The summed E-state index contributed by atoms with van der Waals surface area (Å²) in [6, 6.07) is 8.71. The van der Waals surface area contributed by atoms with E-state index in [9.17, 15) is 14.4 Å². The maximum absolute atomic E-state index is 13.2. The molecular weight excluding hydrogens is 438 g/mol. The van der Waals surface area contributed by atoms with Gasteiger partial charge in [-0.3, -0.25) is 14.4 Å². The highest BCUT2D eigenvalue weighted by Gasteiger charge is 2.33. The van der Waals surface area contributed by atoms with Gasteiger partial charge in [0.15, 0.2) is 0 Å². The third-order valence-corrected chi connectivity index (χ3v) is 6.30. The van der Waals surface area contributed by atoms with E-state index in [1.807, 2.05) is 12.1 Å². The Morgan fingerprint density at radius 1 is 1.23 bits per heavy atom. The van der Waals surface area contributed by atoms with Crippen molar-refractivity contribution in [1.29, 1.82) is 0 Å². The minimum Gasteiger partial charge on any atom is -0.358 e. The lowest BCUT2D eigenvalue weighted by molar-refractivity contribution is -0.119. The van der Waals surface area contributed by atoms with Crippen LogP contribution in [0.1, 0.15) is 44.7 Å². The fraction of sp³-hybridized carbons (Fsp3) is 0.286. The van der Waals surface area contributed by atoms with Gasteiger partial charge in [0.1, 0.15) is 15.9 Å². The first-order valence-electron chi connectivity index (χ1n) is 9.78. The summed E-state index contributed by atoms with van der Waals surface area (Å²) in [6.45, 7) is 0.510. The fourth-order valence-corrected chi connectivity index (χ4v) is 4.65. The lowest BCUT2D eigenvalue weighted by Gasteiger charge is -2.23. The van der Waals surface area contributed by atoms with E-state index in [-0.39, 0.29) is 30.1 Å². The second-order valence-electron chi connectivity index (χ2n) is 7.12. The smallest absolute Gasteiger partial charge is 0.271 e. The molecule has 160 valence electrons. The molecule has 2 aromatic heterocycles. The number of fused-ring (bicyclic) bond motifs is 1. The minimum atomic E-state index is -0.414. The Bertz CT molecular complexity index is 1160. The van der Waals surface area contributed by atoms with Gasteiger partial charge in [0.05, 0.1) is 18.1 Å². The van der Waals surface area contributed by atoms with Crippen LogP contribution in [0.3, 0.4) is 0 Å². The van der Waals surface area contributed by atoms with Crippen LogP contribution in [0, 0.1) is 0 Å². The molecule has 3 heterocycles. The van der Waals surface area contributed by atoms with Gasteiger partial charge in [-0.05, 0) is 43.2 Å². The summed E-state index contributed by atoms with van der Waals surface area (Å²) in [7, 11) is 1.50. The van der Waals surface area contributed by atoms with E-state index in [2.05, 4.69) is 20.6 Å². The third kappa shape index (κ3) is 4.52. The van der Waals surface area contributed by atoms with Crippen molar-refractivity contribution >= 4 is 51.6 Å². The Kier molecular flexibility index (Phi) is 6.15. The predicted molar refractivity (Wildman–Crippen MR) is 118 cm³/mol. The Morgan fingerprint density at radius 2 is 2.06 bits per heavy atom. The topological polar surface area (TPSA) is 104 Å². The van der Waals surface area contributed by atoms with Crippen molar-refractivity contribution in [3.63, 3.8) is 0 Å². The number of carbonyl (C=O) groups is 3. The van der Waals surface area contributed by atoms with E-state index >= 15 is 0 Å². The fourth-order valence-electron chi connectivity index (χ4n) is 3.55. The average Bonchev–Trinajstić information content (AvgIpc) is 3.45. The van der Waals surface area contributed by atoms with Gasteiger partial charge in [-0.2, -0.15) is 0 Å². The second kappa shape index (κ2) is 8.99. The largest absolute Gasteiger partial charge is 0.358 e. The van der Waals surface area contributed by atoms with Crippen LogP contribution in [0.5, 0.6) is 0 Å². The molecule has 1 atom stereocenters. The Labute approximate surface area is 187 Å². The van der Waals surface area contributed by atoms with Crippen molar-refractivity contribution in [1.82, 2.24) is 25.5 Å². The standard InChI is InChI=1S/C21H20ClN5O3S/c1-23-18(28)10-24-19(29)15-11-31-20(26-15)16-3-2-8-27(16)21(30)13-4-6-14-12(9-13)5-7-17(22)25-14/h4-7,9,11,16H,2-3,8,10H2,1H3,(H,23,28)(H,24,29). The molecule has 10 heteroatoms. The SMILES string of the molecule is CNC(=O)CNC(=O)c1csc(C2CCCN2C(=O)c2ccc3nc(Cl)ccc3c2)n1. The molecule has 0 bridgehead atoms. The van der Waals surface area contributed by atoms with E-state index in [1.165, 1.54) is 18.4 Å². The zero-order valence-electron chi connectivity index (χ0n) is 16.7. The number of thiazole rings is 1. The molecule has 31 heavy (non-hydrogen) atoms. The predicted octanol–water partition coefficient (Wildman–Crippen LogP) is 2.80. The van der Waals surface area contributed by atoms with Crippen LogP contribution in [0.2, 0.25) is 5.15 Å². The Hall–Kier alpha value is -3.04. The van der Waals surface area contributed by atoms with Gasteiger partial charge >= 0.3 is 0 Å². The van der Waals surface area contributed by atoms with Crippen molar-refractivity contribution in [3.8, 4) is 0 Å². The number of nitrogens with zero attached hydrogens (tertiary/aromatic N) is 3. The molecule has 1 aliphatic rings. The van der Waals surface area contributed by atoms with Crippen LogP contribution < -0.4 is 10.6 Å². The van der Waals surface area contributed by atoms with Crippen molar-refractivity contribution in [2.24, 2.45) is 0 Å². The summed E-state index contributed by atoms with van der Waals surface area (Å²) >= 11 is 7.28. The van der Waals surface area contributed by atoms with Crippen molar-refractivity contribution < 1.29 is 14.4 Å². The van der Waals surface area contributed by atoms with Crippen molar-refractivity contribution in [2.45, 2.75) is 18.9 Å². The molecule has 1 fully saturated rings. The number of pyridine rings is 1. The van der Waals surface area contributed by atoms with E-state index < -0.39 is 5.91 Å². The molecule has 8 nitrogen and oxygen atoms in total. The first-order chi connectivity index (χ1) is 15.0. The van der Waals surface area contributed by atoms with E-state index in [0.717, 1.165) is 23.7 Å². The van der Waals surface area contributed by atoms with Crippen LogP contribution >= 0.6 is 22.9 Å². The molecule has 1 aliphatic heterocycles. The Balaban J connectivity index is 1.51. The van der Waals surface area contributed by atoms with Crippen LogP contribution in [0.4, 0.5) is 0 Å². The maximum atomic E-state index is 13.2. The minimum absolute atomic E-state index is 0.0832. The maximum Gasteiger partial charge on any atom is 0.271 e. The van der Waals surface area contributed by atoms with Gasteiger partial charge in [-0.25, -0.2) is 9.97 Å². The number of benzene rings is 1. The van der Waals surface area contributed by atoms with E-state index in [4.69, 9.17) is 11.6 Å². The number of likely N-dealkylation sites (tertiary alicyclic amines) is 1. The summed E-state index contributed by atoms with van der Waals surface area (Å²) < 4.78 is 0. The lowest BCUT2D eigenvalue weighted by Crippen LogP contribution is -2.35. The monoisotopic (exact) mass is 457 g/mol. The molecule has 4 rings (SSSR count). The Morgan fingerprint density at radius 3 is 2.87 bits per heavy atom. The van der Waals surface area contributed by atoms with Gasteiger partial charge in [-0.1, -0.05) is 11.6 Å². The highest BCUT2D eigenvalue weighted by Crippen LogP contribution is 2.35. The van der Waals surface area contributed by atoms with Gasteiger partial charge in [-0.15, -0.1) is 11.3 Å². The quantitative estimate of drug-likeness (QED) is 0.573. The summed E-state index contributed by atoms with van der Waals surface area (Å²) in [5.41, 5.74) is 1.55. The molecule has 0 spiro atoms. The number of aromatic nitrogens is 2. The molecule has 0 radical (unpaired) electrons. The van der Waals surface area contributed by atoms with Crippen molar-refractivity contribution in [2.75, 3.05) is 20.1 Å². The van der Waals surface area contributed by atoms with E-state index in [1.54, 1.807) is 28.5 Å². The highest BCUT2D eigenvalue weighted by atomic mass is 35.5. The zero-order valence-corrected chi connectivity index (χ0v) is 18.3.